The van der Waals surface area contributed by atoms with Crippen molar-refractivity contribution in [2.45, 2.75) is 76.5 Å². The SMILES string of the molecule is CCCCC([C]=O)NC(=O)C(C)N(C(=O)C1CCCN1C(=O)C(N)Cc1c[nH]cn1)c1ccccc1. The molecule has 36 heavy (non-hydrogen) atoms. The fourth-order valence-corrected chi connectivity index (χ4v) is 4.48. The summed E-state index contributed by atoms with van der Waals surface area (Å²) in [5, 5.41) is 2.71. The van der Waals surface area contributed by atoms with E-state index >= 15 is 0 Å². The number of unbranched alkanes of at least 4 members (excludes halogenated alkanes) is 1. The summed E-state index contributed by atoms with van der Waals surface area (Å²) in [4.78, 5) is 61.5. The van der Waals surface area contributed by atoms with Gasteiger partial charge in [0.2, 0.25) is 18.1 Å². The van der Waals surface area contributed by atoms with Crippen molar-refractivity contribution in [3.63, 3.8) is 0 Å². The average Bonchev–Trinajstić information content (AvgIpc) is 3.59. The summed E-state index contributed by atoms with van der Waals surface area (Å²) in [7, 11) is 0. The number of aromatic amines is 1. The number of hydrogen-bond acceptors (Lipinski definition) is 6. The second kappa shape index (κ2) is 13.0. The zero-order valence-corrected chi connectivity index (χ0v) is 20.9. The number of carbonyl (C=O) groups excluding carboxylic acids is 4. The first-order valence-corrected chi connectivity index (χ1v) is 12.5. The molecule has 0 spiro atoms. The van der Waals surface area contributed by atoms with E-state index in [1.165, 1.54) is 16.1 Å². The molecule has 0 aliphatic carbocycles. The molecule has 1 aromatic carbocycles. The molecular formula is C26H35N6O4. The highest BCUT2D eigenvalue weighted by atomic mass is 16.2. The third-order valence-electron chi connectivity index (χ3n) is 6.47. The molecule has 3 rings (SSSR count). The van der Waals surface area contributed by atoms with Gasteiger partial charge in [-0.2, -0.15) is 0 Å². The zero-order valence-electron chi connectivity index (χ0n) is 20.9. The van der Waals surface area contributed by atoms with Gasteiger partial charge in [0.1, 0.15) is 12.1 Å². The summed E-state index contributed by atoms with van der Waals surface area (Å²) in [6.45, 7) is 4.02. The Hall–Kier alpha value is -3.53. The first kappa shape index (κ1) is 27.1. The fourth-order valence-electron chi connectivity index (χ4n) is 4.48. The highest BCUT2D eigenvalue weighted by Crippen LogP contribution is 2.26. The molecule has 1 fully saturated rings. The van der Waals surface area contributed by atoms with E-state index in [1.807, 2.05) is 19.3 Å². The van der Waals surface area contributed by atoms with Gasteiger partial charge in [0, 0.05) is 24.8 Å². The van der Waals surface area contributed by atoms with E-state index in [4.69, 9.17) is 5.73 Å². The van der Waals surface area contributed by atoms with Crippen molar-refractivity contribution < 1.29 is 19.2 Å². The number of para-hydroxylation sites is 1. The number of carbonyl (C=O) groups is 3. The highest BCUT2D eigenvalue weighted by molar-refractivity contribution is 6.05. The number of nitrogens with two attached hydrogens (primary N) is 1. The van der Waals surface area contributed by atoms with Crippen LogP contribution in [0.5, 0.6) is 0 Å². The quantitative estimate of drug-likeness (QED) is 0.407. The summed E-state index contributed by atoms with van der Waals surface area (Å²) in [6, 6.07) is 5.63. The van der Waals surface area contributed by atoms with Gasteiger partial charge in [-0.1, -0.05) is 38.0 Å². The Balaban J connectivity index is 1.80. The van der Waals surface area contributed by atoms with Crippen LogP contribution in [-0.4, -0.2) is 69.6 Å². The molecule has 1 saturated heterocycles. The molecule has 4 atom stereocenters. The third kappa shape index (κ3) is 6.57. The molecule has 10 heteroatoms. The van der Waals surface area contributed by atoms with Crippen LogP contribution >= 0.6 is 0 Å². The Kier molecular flexibility index (Phi) is 9.75. The van der Waals surface area contributed by atoms with Crippen molar-refractivity contribution in [1.82, 2.24) is 20.2 Å². The van der Waals surface area contributed by atoms with Crippen molar-refractivity contribution in [3.05, 3.63) is 48.5 Å². The molecule has 1 aliphatic rings. The summed E-state index contributed by atoms with van der Waals surface area (Å²) >= 11 is 0. The Bertz CT molecular complexity index is 1010. The largest absolute Gasteiger partial charge is 0.351 e. The van der Waals surface area contributed by atoms with Crippen LogP contribution < -0.4 is 16.0 Å². The van der Waals surface area contributed by atoms with Crippen LogP contribution in [0, 0.1) is 0 Å². The average molecular weight is 496 g/mol. The number of nitrogens with one attached hydrogen (secondary N) is 2. The van der Waals surface area contributed by atoms with Crippen molar-refractivity contribution in [2.24, 2.45) is 5.73 Å². The van der Waals surface area contributed by atoms with Crippen molar-refractivity contribution in [1.29, 1.82) is 0 Å². The van der Waals surface area contributed by atoms with Gasteiger partial charge in [0.15, 0.2) is 0 Å². The van der Waals surface area contributed by atoms with E-state index in [0.717, 1.165) is 12.8 Å². The topological polar surface area (TPSA) is 141 Å². The molecule has 0 saturated carbocycles. The van der Waals surface area contributed by atoms with Crippen LogP contribution in [0.2, 0.25) is 0 Å². The van der Waals surface area contributed by atoms with Gasteiger partial charge >= 0.3 is 0 Å². The minimum atomic E-state index is -0.910. The predicted molar refractivity (Wildman–Crippen MR) is 136 cm³/mol. The van der Waals surface area contributed by atoms with Crippen LogP contribution in [0.1, 0.15) is 51.6 Å². The van der Waals surface area contributed by atoms with Gasteiger partial charge in [0.05, 0.1) is 24.1 Å². The molecule has 1 radical (unpaired) electrons. The predicted octanol–water partition coefficient (Wildman–Crippen LogP) is 1.48. The van der Waals surface area contributed by atoms with Crippen LogP contribution in [0.15, 0.2) is 42.9 Å². The van der Waals surface area contributed by atoms with E-state index in [0.29, 0.717) is 37.2 Å². The first-order chi connectivity index (χ1) is 17.4. The molecule has 193 valence electrons. The van der Waals surface area contributed by atoms with Gasteiger partial charge in [-0.05, 0) is 38.3 Å². The number of nitrogens with zero attached hydrogens (tertiary/aromatic N) is 3. The van der Waals surface area contributed by atoms with Gasteiger partial charge < -0.3 is 20.9 Å². The number of hydrogen-bond donors (Lipinski definition) is 3. The summed E-state index contributed by atoms with van der Waals surface area (Å²) in [6.07, 6.45) is 8.59. The lowest BCUT2D eigenvalue weighted by atomic mass is 10.1. The summed E-state index contributed by atoms with van der Waals surface area (Å²) in [5.41, 5.74) is 7.38. The fraction of sp³-hybridized carbons (Fsp3) is 0.500. The lowest BCUT2D eigenvalue weighted by Crippen LogP contribution is -2.57. The van der Waals surface area contributed by atoms with E-state index in [2.05, 4.69) is 15.3 Å². The number of amides is 3. The molecule has 1 aliphatic heterocycles. The Morgan fingerprint density at radius 3 is 2.69 bits per heavy atom. The van der Waals surface area contributed by atoms with E-state index in [1.54, 1.807) is 37.4 Å². The first-order valence-electron chi connectivity index (χ1n) is 12.5. The summed E-state index contributed by atoms with van der Waals surface area (Å²) in [5.74, 6) is -1.14. The number of imidazole rings is 1. The van der Waals surface area contributed by atoms with E-state index < -0.39 is 30.1 Å². The monoisotopic (exact) mass is 495 g/mol. The molecule has 10 nitrogen and oxygen atoms in total. The lowest BCUT2D eigenvalue weighted by Gasteiger charge is -2.34. The van der Waals surface area contributed by atoms with Crippen LogP contribution in [0.3, 0.4) is 0 Å². The molecule has 2 aromatic rings. The number of rotatable bonds is 12. The third-order valence-corrected chi connectivity index (χ3v) is 6.47. The number of H-pyrrole nitrogens is 1. The maximum atomic E-state index is 13.9. The Morgan fingerprint density at radius 2 is 2.06 bits per heavy atom. The number of likely N-dealkylation sites (tertiary alicyclic amines) is 1. The maximum Gasteiger partial charge on any atom is 0.250 e. The van der Waals surface area contributed by atoms with Gasteiger partial charge in [-0.15, -0.1) is 0 Å². The van der Waals surface area contributed by atoms with E-state index in [9.17, 15) is 19.2 Å². The Labute approximate surface area is 211 Å². The number of benzene rings is 1. The highest BCUT2D eigenvalue weighted by Gasteiger charge is 2.41. The zero-order chi connectivity index (χ0) is 26.1. The second-order valence-corrected chi connectivity index (χ2v) is 9.10. The smallest absolute Gasteiger partial charge is 0.250 e. The molecule has 1 aromatic heterocycles. The standard InChI is InChI=1S/C26H35N6O4/c1-3-4-9-19(16-33)30-24(34)18(2)32(21-10-6-5-7-11-21)26(36)23-12-8-13-31(23)25(35)22(27)14-20-15-28-17-29-20/h5-7,10-11,15,17-19,22-23H,3-4,8-9,12-14,27H2,1-2H3,(H,28,29)(H,30,34). The lowest BCUT2D eigenvalue weighted by molar-refractivity contribution is -0.139. The minimum Gasteiger partial charge on any atom is -0.351 e. The van der Waals surface area contributed by atoms with Crippen molar-refractivity contribution >= 4 is 29.7 Å². The van der Waals surface area contributed by atoms with Gasteiger partial charge in [0.25, 0.3) is 5.91 Å². The normalized spacial score (nSPS) is 17.8. The van der Waals surface area contributed by atoms with Crippen molar-refractivity contribution in [3.8, 4) is 0 Å². The van der Waals surface area contributed by atoms with E-state index in [-0.39, 0.29) is 18.2 Å². The Morgan fingerprint density at radius 1 is 1.31 bits per heavy atom. The molecule has 2 heterocycles. The minimum absolute atomic E-state index is 0.252. The van der Waals surface area contributed by atoms with Crippen LogP contribution in [0.25, 0.3) is 0 Å². The molecule has 4 N–H and O–H groups in total. The maximum absolute atomic E-state index is 13.9. The number of aromatic nitrogens is 2. The van der Waals surface area contributed by atoms with Crippen LogP contribution in [-0.2, 0) is 25.6 Å². The van der Waals surface area contributed by atoms with Crippen molar-refractivity contribution in [2.75, 3.05) is 11.4 Å². The number of anilines is 1. The molecule has 0 bridgehead atoms. The molecular weight excluding hydrogens is 460 g/mol. The molecule has 3 amide bonds. The molecule has 4 unspecified atom stereocenters. The van der Waals surface area contributed by atoms with Gasteiger partial charge in [-0.3, -0.25) is 24.1 Å². The van der Waals surface area contributed by atoms with Gasteiger partial charge in [-0.25, -0.2) is 4.98 Å². The van der Waals surface area contributed by atoms with Crippen LogP contribution in [0.4, 0.5) is 5.69 Å². The summed E-state index contributed by atoms with van der Waals surface area (Å²) < 4.78 is 0. The second-order valence-electron chi connectivity index (χ2n) is 9.10.